The number of pyridine rings is 1. The number of carbonyl (C=O) groups is 1. The van der Waals surface area contributed by atoms with Crippen LogP contribution >= 0.6 is 11.6 Å². The lowest BCUT2D eigenvalue weighted by molar-refractivity contribution is 0.262. The highest BCUT2D eigenvalue weighted by molar-refractivity contribution is 6.31. The Morgan fingerprint density at radius 3 is 2.32 bits per heavy atom. The maximum atomic E-state index is 11.9. The zero-order valence-electron chi connectivity index (χ0n) is 13.4. The smallest absolute Gasteiger partial charge is 0.324 e. The van der Waals surface area contributed by atoms with Crippen molar-refractivity contribution >= 4 is 34.8 Å². The van der Waals surface area contributed by atoms with Gasteiger partial charge in [-0.25, -0.2) is 9.78 Å². The van der Waals surface area contributed by atoms with Crippen molar-refractivity contribution in [3.8, 4) is 0 Å². The summed E-state index contributed by atoms with van der Waals surface area (Å²) in [5, 5.41) is 9.46. The van der Waals surface area contributed by atoms with E-state index in [9.17, 15) is 4.79 Å². The molecule has 126 valence electrons. The molecule has 0 aliphatic carbocycles. The van der Waals surface area contributed by atoms with Crippen molar-refractivity contribution in [1.82, 2.24) is 4.98 Å². The Balaban J connectivity index is 1.53. The first-order valence-corrected chi connectivity index (χ1v) is 8.15. The third-order valence-electron chi connectivity index (χ3n) is 3.49. The Morgan fingerprint density at radius 1 is 0.880 bits per heavy atom. The quantitative estimate of drug-likeness (QED) is 0.606. The summed E-state index contributed by atoms with van der Waals surface area (Å²) in [6, 6.07) is 20.1. The van der Waals surface area contributed by atoms with E-state index in [1.165, 1.54) is 0 Å². The van der Waals surface area contributed by atoms with E-state index in [2.05, 4.69) is 20.9 Å². The molecule has 0 atom stereocenters. The Morgan fingerprint density at radius 2 is 1.60 bits per heavy atom. The number of amides is 2. The highest BCUT2D eigenvalue weighted by Crippen LogP contribution is 2.18. The molecule has 5 nitrogen and oxygen atoms in total. The van der Waals surface area contributed by atoms with Gasteiger partial charge in [-0.2, -0.15) is 0 Å². The van der Waals surface area contributed by atoms with Crippen LogP contribution in [0.4, 0.5) is 22.0 Å². The van der Waals surface area contributed by atoms with Crippen LogP contribution < -0.4 is 16.0 Å². The van der Waals surface area contributed by atoms with Gasteiger partial charge in [0, 0.05) is 29.1 Å². The van der Waals surface area contributed by atoms with Crippen LogP contribution in [0.25, 0.3) is 0 Å². The molecule has 1 aromatic heterocycles. The molecule has 3 aromatic rings. The van der Waals surface area contributed by atoms with Crippen molar-refractivity contribution in [2.45, 2.75) is 6.54 Å². The van der Waals surface area contributed by atoms with Crippen LogP contribution in [0.15, 0.2) is 72.9 Å². The molecule has 3 rings (SSSR count). The number of carbonyl (C=O) groups excluding carboxylic acids is 1. The van der Waals surface area contributed by atoms with Gasteiger partial charge in [-0.1, -0.05) is 35.9 Å². The number of rotatable bonds is 5. The number of hydrogen-bond donors (Lipinski definition) is 3. The monoisotopic (exact) mass is 352 g/mol. The molecule has 0 bridgehead atoms. The first-order chi connectivity index (χ1) is 12.2. The lowest BCUT2D eigenvalue weighted by atomic mass is 10.2. The van der Waals surface area contributed by atoms with Crippen LogP contribution in [0.1, 0.15) is 5.56 Å². The highest BCUT2D eigenvalue weighted by atomic mass is 35.5. The van der Waals surface area contributed by atoms with Gasteiger partial charge in [0.1, 0.15) is 5.82 Å². The molecule has 0 aliphatic rings. The third-order valence-corrected chi connectivity index (χ3v) is 3.86. The fourth-order valence-electron chi connectivity index (χ4n) is 2.23. The van der Waals surface area contributed by atoms with E-state index in [1.807, 2.05) is 54.6 Å². The fourth-order valence-corrected chi connectivity index (χ4v) is 2.43. The zero-order chi connectivity index (χ0) is 17.5. The number of nitrogens with one attached hydrogen (secondary N) is 3. The van der Waals surface area contributed by atoms with Gasteiger partial charge in [0.15, 0.2) is 0 Å². The minimum Gasteiger partial charge on any atom is -0.381 e. The lowest BCUT2D eigenvalue weighted by Crippen LogP contribution is -2.19. The molecule has 0 unspecified atom stereocenters. The van der Waals surface area contributed by atoms with Gasteiger partial charge < -0.3 is 10.6 Å². The predicted octanol–water partition coefficient (Wildman–Crippen LogP) is 4.99. The van der Waals surface area contributed by atoms with Crippen molar-refractivity contribution in [3.05, 3.63) is 83.5 Å². The average Bonchev–Trinajstić information content (AvgIpc) is 2.63. The van der Waals surface area contributed by atoms with Crippen molar-refractivity contribution in [2.75, 3.05) is 16.0 Å². The minimum atomic E-state index is -0.338. The van der Waals surface area contributed by atoms with Crippen LogP contribution in [0, 0.1) is 0 Å². The van der Waals surface area contributed by atoms with Gasteiger partial charge in [0.2, 0.25) is 0 Å². The Kier molecular flexibility index (Phi) is 5.49. The van der Waals surface area contributed by atoms with Gasteiger partial charge in [-0.05, 0) is 48.0 Å². The molecule has 0 fully saturated rings. The van der Waals surface area contributed by atoms with Crippen LogP contribution in [0.3, 0.4) is 0 Å². The van der Waals surface area contributed by atoms with E-state index >= 15 is 0 Å². The largest absolute Gasteiger partial charge is 0.381 e. The minimum absolute atomic E-state index is 0.338. The van der Waals surface area contributed by atoms with Crippen molar-refractivity contribution < 1.29 is 4.79 Å². The van der Waals surface area contributed by atoms with Crippen LogP contribution in [0.2, 0.25) is 5.02 Å². The van der Waals surface area contributed by atoms with E-state index in [4.69, 9.17) is 11.6 Å². The number of urea groups is 1. The zero-order valence-corrected chi connectivity index (χ0v) is 14.1. The van der Waals surface area contributed by atoms with Gasteiger partial charge in [0.05, 0.1) is 0 Å². The summed E-state index contributed by atoms with van der Waals surface area (Å²) < 4.78 is 0. The van der Waals surface area contributed by atoms with E-state index in [0.29, 0.717) is 18.1 Å². The first-order valence-electron chi connectivity index (χ1n) is 7.77. The molecule has 0 aliphatic heterocycles. The molecule has 0 spiro atoms. The summed E-state index contributed by atoms with van der Waals surface area (Å²) in [6.07, 6.45) is 1.62. The second kappa shape index (κ2) is 8.17. The van der Waals surface area contributed by atoms with Crippen LogP contribution in [-0.2, 0) is 6.54 Å². The first kappa shape index (κ1) is 16.8. The molecule has 3 N–H and O–H groups in total. The lowest BCUT2D eigenvalue weighted by Gasteiger charge is -2.10. The number of halogens is 1. The topological polar surface area (TPSA) is 66.1 Å². The average molecular weight is 353 g/mol. The SMILES string of the molecule is O=C(Nc1ccc(NCc2ccccc2Cl)cc1)Nc1ccccn1. The Bertz CT molecular complexity index is 838. The summed E-state index contributed by atoms with van der Waals surface area (Å²) in [5.41, 5.74) is 2.66. The standard InChI is InChI=1S/C19H17ClN4O/c20-17-6-2-1-5-14(17)13-22-15-8-10-16(11-9-15)23-19(25)24-18-7-3-4-12-21-18/h1-12,22H,13H2,(H2,21,23,24,25). The van der Waals surface area contributed by atoms with Gasteiger partial charge in [-0.3, -0.25) is 5.32 Å². The van der Waals surface area contributed by atoms with Crippen molar-refractivity contribution in [1.29, 1.82) is 0 Å². The summed E-state index contributed by atoms with van der Waals surface area (Å²) in [4.78, 5) is 16.0. The highest BCUT2D eigenvalue weighted by Gasteiger charge is 2.03. The third kappa shape index (κ3) is 4.96. The molecular formula is C19H17ClN4O. The number of hydrogen-bond acceptors (Lipinski definition) is 3. The maximum absolute atomic E-state index is 11.9. The van der Waals surface area contributed by atoms with Gasteiger partial charge >= 0.3 is 6.03 Å². The maximum Gasteiger partial charge on any atom is 0.324 e. The normalized spacial score (nSPS) is 10.1. The molecule has 25 heavy (non-hydrogen) atoms. The molecule has 0 radical (unpaired) electrons. The molecule has 0 saturated carbocycles. The summed E-state index contributed by atoms with van der Waals surface area (Å²) in [6.45, 7) is 0.632. The summed E-state index contributed by atoms with van der Waals surface area (Å²) in [7, 11) is 0. The van der Waals surface area contributed by atoms with E-state index in [-0.39, 0.29) is 6.03 Å². The Labute approximate surface area is 151 Å². The second-order valence-corrected chi connectivity index (χ2v) is 5.72. The van der Waals surface area contributed by atoms with E-state index in [1.54, 1.807) is 18.3 Å². The van der Waals surface area contributed by atoms with Crippen molar-refractivity contribution in [3.63, 3.8) is 0 Å². The predicted molar refractivity (Wildman–Crippen MR) is 102 cm³/mol. The van der Waals surface area contributed by atoms with Gasteiger partial charge in [0.25, 0.3) is 0 Å². The number of anilines is 3. The Hall–Kier alpha value is -3.05. The van der Waals surface area contributed by atoms with Gasteiger partial charge in [-0.15, -0.1) is 0 Å². The molecule has 2 amide bonds. The van der Waals surface area contributed by atoms with E-state index < -0.39 is 0 Å². The van der Waals surface area contributed by atoms with Crippen molar-refractivity contribution in [2.24, 2.45) is 0 Å². The van der Waals surface area contributed by atoms with E-state index in [0.717, 1.165) is 16.3 Å². The number of benzene rings is 2. The fraction of sp³-hybridized carbons (Fsp3) is 0.0526. The number of aromatic nitrogens is 1. The molecular weight excluding hydrogens is 336 g/mol. The molecule has 6 heteroatoms. The molecule has 2 aromatic carbocycles. The summed E-state index contributed by atoms with van der Waals surface area (Å²) >= 11 is 6.14. The number of nitrogens with zero attached hydrogens (tertiary/aromatic N) is 1. The summed E-state index contributed by atoms with van der Waals surface area (Å²) in [5.74, 6) is 0.498. The molecule has 0 saturated heterocycles. The van der Waals surface area contributed by atoms with Crippen LogP contribution in [0.5, 0.6) is 0 Å². The second-order valence-electron chi connectivity index (χ2n) is 5.32. The van der Waals surface area contributed by atoms with Crippen LogP contribution in [-0.4, -0.2) is 11.0 Å². The molecule has 1 heterocycles.